The number of aromatic nitrogens is 1. The van der Waals surface area contributed by atoms with Crippen molar-refractivity contribution in [1.29, 1.82) is 0 Å². The minimum absolute atomic E-state index is 0.341. The van der Waals surface area contributed by atoms with Crippen LogP contribution in [-0.4, -0.2) is 24.2 Å². The molecular weight excluding hydrogens is 244 g/mol. The van der Waals surface area contributed by atoms with Gasteiger partial charge in [0.2, 0.25) is 0 Å². The second-order valence-electron chi connectivity index (χ2n) is 5.30. The van der Waals surface area contributed by atoms with Crippen molar-refractivity contribution in [2.24, 2.45) is 5.92 Å². The van der Waals surface area contributed by atoms with Gasteiger partial charge in [-0.3, -0.25) is 0 Å². The Bertz CT molecular complexity index is 385. The maximum atomic E-state index is 5.42. The second-order valence-corrected chi connectivity index (χ2v) is 6.71. The van der Waals surface area contributed by atoms with E-state index in [0.717, 1.165) is 24.1 Å². The van der Waals surface area contributed by atoms with Gasteiger partial charge in [0.1, 0.15) is 0 Å². The molecule has 1 fully saturated rings. The molecule has 1 aliphatic rings. The molecule has 3 nitrogen and oxygen atoms in total. The molecule has 0 aromatic carbocycles. The fourth-order valence-electron chi connectivity index (χ4n) is 2.77. The Balaban J connectivity index is 1.93. The van der Waals surface area contributed by atoms with Crippen molar-refractivity contribution < 1.29 is 4.74 Å². The van der Waals surface area contributed by atoms with Crippen LogP contribution >= 0.6 is 11.3 Å². The molecule has 2 unspecified atom stereocenters. The van der Waals surface area contributed by atoms with Crippen molar-refractivity contribution in [3.8, 4) is 0 Å². The summed E-state index contributed by atoms with van der Waals surface area (Å²) in [5, 5.41) is 4.87. The van der Waals surface area contributed by atoms with E-state index in [4.69, 9.17) is 4.74 Å². The number of rotatable bonds is 4. The molecule has 102 valence electrons. The molecule has 4 heteroatoms. The fraction of sp³-hybridized carbons (Fsp3) is 0.786. The van der Waals surface area contributed by atoms with Crippen molar-refractivity contribution in [2.45, 2.75) is 52.6 Å². The van der Waals surface area contributed by atoms with Crippen LogP contribution in [0.3, 0.4) is 0 Å². The summed E-state index contributed by atoms with van der Waals surface area (Å²) in [6, 6.07) is 0.873. The van der Waals surface area contributed by atoms with E-state index >= 15 is 0 Å². The van der Waals surface area contributed by atoms with Crippen LogP contribution in [0.5, 0.6) is 0 Å². The highest BCUT2D eigenvalue weighted by molar-refractivity contribution is 7.11. The zero-order valence-corrected chi connectivity index (χ0v) is 12.6. The Labute approximate surface area is 114 Å². The van der Waals surface area contributed by atoms with Gasteiger partial charge >= 0.3 is 0 Å². The summed E-state index contributed by atoms with van der Waals surface area (Å²) in [5.41, 5.74) is 1.22. The fourth-order valence-corrected chi connectivity index (χ4v) is 3.69. The van der Waals surface area contributed by atoms with Crippen molar-refractivity contribution >= 4 is 11.3 Å². The first-order valence-electron chi connectivity index (χ1n) is 6.85. The molecule has 0 amide bonds. The first-order valence-corrected chi connectivity index (χ1v) is 7.67. The smallest absolute Gasteiger partial charge is 0.0900 e. The van der Waals surface area contributed by atoms with Gasteiger partial charge in [0.25, 0.3) is 0 Å². The Morgan fingerprint density at radius 3 is 2.50 bits per heavy atom. The predicted molar refractivity (Wildman–Crippen MR) is 76.1 cm³/mol. The third-order valence-corrected chi connectivity index (χ3v) is 4.74. The maximum absolute atomic E-state index is 5.42. The predicted octanol–water partition coefficient (Wildman–Crippen LogP) is 3.23. The molecule has 2 atom stereocenters. The third kappa shape index (κ3) is 3.31. The van der Waals surface area contributed by atoms with E-state index in [-0.39, 0.29) is 0 Å². The van der Waals surface area contributed by atoms with E-state index < -0.39 is 0 Å². The molecule has 2 heterocycles. The Hall–Kier alpha value is -0.450. The van der Waals surface area contributed by atoms with Crippen LogP contribution in [0.1, 0.15) is 48.3 Å². The molecule has 0 aliphatic carbocycles. The van der Waals surface area contributed by atoms with Crippen molar-refractivity contribution in [2.75, 3.05) is 13.2 Å². The van der Waals surface area contributed by atoms with E-state index in [1.54, 1.807) is 11.3 Å². The number of nitrogens with one attached hydrogen (secondary N) is 1. The quantitative estimate of drug-likeness (QED) is 0.910. The van der Waals surface area contributed by atoms with Gasteiger partial charge in [0.05, 0.1) is 10.7 Å². The van der Waals surface area contributed by atoms with Crippen LogP contribution in [0.2, 0.25) is 0 Å². The first kappa shape index (κ1) is 14.0. The topological polar surface area (TPSA) is 34.2 Å². The van der Waals surface area contributed by atoms with Gasteiger partial charge in [0, 0.05) is 30.2 Å². The Morgan fingerprint density at radius 2 is 1.94 bits per heavy atom. The zero-order chi connectivity index (χ0) is 13.1. The van der Waals surface area contributed by atoms with Gasteiger partial charge in [0.15, 0.2) is 0 Å². The summed E-state index contributed by atoms with van der Waals surface area (Å²) >= 11 is 1.79. The molecule has 0 radical (unpaired) electrons. The molecular formula is C14H24N2OS. The van der Waals surface area contributed by atoms with E-state index in [1.165, 1.54) is 23.4 Å². The third-order valence-electron chi connectivity index (χ3n) is 3.84. The lowest BCUT2D eigenvalue weighted by Gasteiger charge is -2.30. The molecule has 1 saturated heterocycles. The van der Waals surface area contributed by atoms with Gasteiger partial charge in [-0.15, -0.1) is 11.3 Å². The van der Waals surface area contributed by atoms with Gasteiger partial charge in [-0.1, -0.05) is 0 Å². The Kier molecular flexibility index (Phi) is 4.76. The number of hydrogen-bond donors (Lipinski definition) is 1. The van der Waals surface area contributed by atoms with Crippen LogP contribution in [0.15, 0.2) is 0 Å². The van der Waals surface area contributed by atoms with Gasteiger partial charge in [-0.2, -0.15) is 0 Å². The highest BCUT2D eigenvalue weighted by Crippen LogP contribution is 2.25. The van der Waals surface area contributed by atoms with Crippen LogP contribution in [0, 0.1) is 19.8 Å². The molecule has 1 aromatic heterocycles. The van der Waals surface area contributed by atoms with E-state index in [1.807, 2.05) is 0 Å². The molecule has 1 aliphatic heterocycles. The molecule has 1 aromatic rings. The van der Waals surface area contributed by atoms with Gasteiger partial charge in [-0.25, -0.2) is 4.98 Å². The van der Waals surface area contributed by atoms with Crippen LogP contribution in [0.25, 0.3) is 0 Å². The summed E-state index contributed by atoms with van der Waals surface area (Å²) in [7, 11) is 0. The summed E-state index contributed by atoms with van der Waals surface area (Å²) in [6.07, 6.45) is 2.35. The lowest BCUT2D eigenvalue weighted by atomic mass is 9.92. The second kappa shape index (κ2) is 6.13. The zero-order valence-electron chi connectivity index (χ0n) is 11.8. The lowest BCUT2D eigenvalue weighted by molar-refractivity contribution is 0.0546. The molecule has 0 bridgehead atoms. The van der Waals surface area contributed by atoms with Gasteiger partial charge < -0.3 is 10.1 Å². The number of thiazole rings is 1. The largest absolute Gasteiger partial charge is 0.381 e. The highest BCUT2D eigenvalue weighted by Gasteiger charge is 2.23. The van der Waals surface area contributed by atoms with Crippen molar-refractivity contribution in [1.82, 2.24) is 10.3 Å². The standard InChI is InChI=1S/C14H24N2OS/c1-9(13-5-7-17-8-6-13)15-10(2)14-11(3)18-12(4)16-14/h9-10,13,15H,5-8H2,1-4H3. The van der Waals surface area contributed by atoms with Crippen molar-refractivity contribution in [3.63, 3.8) is 0 Å². The molecule has 0 saturated carbocycles. The lowest BCUT2D eigenvalue weighted by Crippen LogP contribution is -2.38. The summed E-state index contributed by atoms with van der Waals surface area (Å²) in [4.78, 5) is 5.98. The molecule has 1 N–H and O–H groups in total. The summed E-state index contributed by atoms with van der Waals surface area (Å²) < 4.78 is 5.42. The minimum Gasteiger partial charge on any atom is -0.381 e. The Morgan fingerprint density at radius 1 is 1.28 bits per heavy atom. The van der Waals surface area contributed by atoms with Crippen LogP contribution < -0.4 is 5.32 Å². The SMILES string of the molecule is Cc1nc(C(C)NC(C)C2CCOCC2)c(C)s1. The number of ether oxygens (including phenoxy) is 1. The normalized spacial score (nSPS) is 20.9. The van der Waals surface area contributed by atoms with Gasteiger partial charge in [-0.05, 0) is 46.5 Å². The maximum Gasteiger partial charge on any atom is 0.0900 e. The number of hydrogen-bond acceptors (Lipinski definition) is 4. The average molecular weight is 268 g/mol. The molecule has 2 rings (SSSR count). The van der Waals surface area contributed by atoms with E-state index in [9.17, 15) is 0 Å². The van der Waals surface area contributed by atoms with E-state index in [0.29, 0.717) is 12.1 Å². The number of aryl methyl sites for hydroxylation is 2. The molecule has 18 heavy (non-hydrogen) atoms. The monoisotopic (exact) mass is 268 g/mol. The van der Waals surface area contributed by atoms with Crippen LogP contribution in [0.4, 0.5) is 0 Å². The van der Waals surface area contributed by atoms with E-state index in [2.05, 4.69) is 38.0 Å². The average Bonchev–Trinajstić information content (AvgIpc) is 2.69. The molecule has 0 spiro atoms. The number of nitrogens with zero attached hydrogens (tertiary/aromatic N) is 1. The summed E-state index contributed by atoms with van der Waals surface area (Å²) in [6.45, 7) is 10.6. The van der Waals surface area contributed by atoms with Crippen molar-refractivity contribution in [3.05, 3.63) is 15.6 Å². The van der Waals surface area contributed by atoms with Crippen LogP contribution in [-0.2, 0) is 4.74 Å². The summed E-state index contributed by atoms with van der Waals surface area (Å²) in [5.74, 6) is 0.737. The highest BCUT2D eigenvalue weighted by atomic mass is 32.1. The first-order chi connectivity index (χ1) is 8.58. The minimum atomic E-state index is 0.341.